The Labute approximate surface area is 131 Å². The van der Waals surface area contributed by atoms with Crippen molar-refractivity contribution < 1.29 is 19.1 Å². The molecule has 0 bridgehead atoms. The second-order valence-corrected chi connectivity index (χ2v) is 6.33. The number of nitrogens with zero attached hydrogens (tertiary/aromatic N) is 1. The van der Waals surface area contributed by atoms with Crippen LogP contribution in [0.4, 0.5) is 4.79 Å². The lowest BCUT2D eigenvalue weighted by molar-refractivity contribution is 0.0539. The predicted octanol–water partition coefficient (Wildman–Crippen LogP) is 3.97. The Kier molecular flexibility index (Phi) is 4.09. The average Bonchev–Trinajstić information content (AvgIpc) is 2.71. The maximum atomic E-state index is 12.3. The van der Waals surface area contributed by atoms with Crippen LogP contribution in [0, 0.1) is 0 Å². The number of methoxy groups -OCH3 is 1. The molecule has 1 aromatic carbocycles. The van der Waals surface area contributed by atoms with E-state index in [9.17, 15) is 9.59 Å². The summed E-state index contributed by atoms with van der Waals surface area (Å²) in [4.78, 5) is 24.1. The summed E-state index contributed by atoms with van der Waals surface area (Å²) in [5, 5.41) is 0.627. The van der Waals surface area contributed by atoms with Crippen LogP contribution < -0.4 is 0 Å². The summed E-state index contributed by atoms with van der Waals surface area (Å²) in [5.41, 5.74) is 0.379. The lowest BCUT2D eigenvalue weighted by atomic mass is 10.1. The summed E-state index contributed by atoms with van der Waals surface area (Å²) in [6.45, 7) is 5.39. The summed E-state index contributed by atoms with van der Waals surface area (Å²) in [7, 11) is 1.32. The number of fused-ring (bicyclic) bond motifs is 1. The van der Waals surface area contributed by atoms with Gasteiger partial charge in [0.2, 0.25) is 0 Å². The zero-order valence-corrected chi connectivity index (χ0v) is 13.9. The van der Waals surface area contributed by atoms with Crippen molar-refractivity contribution in [1.29, 1.82) is 0 Å². The van der Waals surface area contributed by atoms with Crippen LogP contribution in [-0.2, 0) is 9.47 Å². The molecule has 2 rings (SSSR count). The first-order chi connectivity index (χ1) is 9.74. The van der Waals surface area contributed by atoms with Crippen LogP contribution in [0.5, 0.6) is 0 Å². The number of aromatic nitrogens is 1. The third kappa shape index (κ3) is 3.10. The summed E-state index contributed by atoms with van der Waals surface area (Å²) in [6, 6.07) is 6.80. The van der Waals surface area contributed by atoms with Gasteiger partial charge in [-0.2, -0.15) is 0 Å². The van der Waals surface area contributed by atoms with Gasteiger partial charge in [-0.05, 0) is 54.9 Å². The maximum Gasteiger partial charge on any atom is 0.419 e. The number of carbonyl (C=O) groups excluding carboxylic acids is 2. The van der Waals surface area contributed by atoms with Crippen LogP contribution in [-0.4, -0.2) is 29.3 Å². The zero-order valence-electron chi connectivity index (χ0n) is 12.3. The molecule has 5 nitrogen and oxygen atoms in total. The van der Waals surface area contributed by atoms with Crippen molar-refractivity contribution in [3.63, 3.8) is 0 Å². The number of carbonyl (C=O) groups is 2. The molecule has 0 fully saturated rings. The normalized spacial score (nSPS) is 11.5. The SMILES string of the molecule is COC(=O)c1cccc2c1cc(Br)n2C(=O)OC(C)(C)C. The molecule has 0 spiro atoms. The van der Waals surface area contributed by atoms with Gasteiger partial charge in [0.1, 0.15) is 5.60 Å². The van der Waals surface area contributed by atoms with Gasteiger partial charge in [-0.3, -0.25) is 0 Å². The number of halogens is 1. The Bertz CT molecular complexity index is 712. The smallest absolute Gasteiger partial charge is 0.419 e. The van der Waals surface area contributed by atoms with Crippen LogP contribution in [0.2, 0.25) is 0 Å². The highest BCUT2D eigenvalue weighted by Gasteiger charge is 2.23. The number of esters is 1. The van der Waals surface area contributed by atoms with E-state index in [1.54, 1.807) is 45.0 Å². The molecular formula is C15H16BrNO4. The fourth-order valence-electron chi connectivity index (χ4n) is 1.98. The maximum absolute atomic E-state index is 12.3. The summed E-state index contributed by atoms with van der Waals surface area (Å²) in [6.07, 6.45) is -0.508. The molecule has 0 N–H and O–H groups in total. The fraction of sp³-hybridized carbons (Fsp3) is 0.333. The van der Waals surface area contributed by atoms with E-state index in [4.69, 9.17) is 9.47 Å². The minimum Gasteiger partial charge on any atom is -0.465 e. The van der Waals surface area contributed by atoms with E-state index in [2.05, 4.69) is 15.9 Å². The van der Waals surface area contributed by atoms with Crippen molar-refractivity contribution in [2.75, 3.05) is 7.11 Å². The largest absolute Gasteiger partial charge is 0.465 e. The molecule has 0 unspecified atom stereocenters. The monoisotopic (exact) mass is 353 g/mol. The van der Waals surface area contributed by atoms with E-state index in [1.807, 2.05) is 0 Å². The van der Waals surface area contributed by atoms with E-state index in [0.29, 0.717) is 21.1 Å². The van der Waals surface area contributed by atoms with Crippen LogP contribution in [0.3, 0.4) is 0 Å². The Balaban J connectivity index is 2.59. The Hall–Kier alpha value is -1.82. The molecule has 0 aliphatic rings. The van der Waals surface area contributed by atoms with Crippen LogP contribution in [0.25, 0.3) is 10.9 Å². The van der Waals surface area contributed by atoms with Gasteiger partial charge in [0.25, 0.3) is 0 Å². The summed E-state index contributed by atoms with van der Waals surface area (Å²) < 4.78 is 12.0. The number of benzene rings is 1. The molecule has 0 aliphatic carbocycles. The van der Waals surface area contributed by atoms with Gasteiger partial charge in [0, 0.05) is 5.39 Å². The predicted molar refractivity (Wildman–Crippen MR) is 82.6 cm³/mol. The van der Waals surface area contributed by atoms with Crippen molar-refractivity contribution in [1.82, 2.24) is 4.57 Å². The standard InChI is InChI=1S/C15H16BrNO4/c1-15(2,3)21-14(19)17-11-7-5-6-9(13(18)20-4)10(11)8-12(17)16/h5-8H,1-4H3. The molecular weight excluding hydrogens is 338 g/mol. The minimum atomic E-state index is -0.604. The lowest BCUT2D eigenvalue weighted by Gasteiger charge is -2.20. The van der Waals surface area contributed by atoms with E-state index in [-0.39, 0.29) is 0 Å². The van der Waals surface area contributed by atoms with Crippen LogP contribution in [0.1, 0.15) is 31.1 Å². The molecule has 0 atom stereocenters. The molecule has 0 saturated heterocycles. The second-order valence-electron chi connectivity index (χ2n) is 5.51. The van der Waals surface area contributed by atoms with Gasteiger partial charge >= 0.3 is 12.1 Å². The quantitative estimate of drug-likeness (QED) is 0.727. The number of ether oxygens (including phenoxy) is 2. The lowest BCUT2D eigenvalue weighted by Crippen LogP contribution is -2.27. The third-order valence-electron chi connectivity index (χ3n) is 2.78. The fourth-order valence-corrected chi connectivity index (χ4v) is 2.54. The first kappa shape index (κ1) is 15.6. The molecule has 0 aliphatic heterocycles. The van der Waals surface area contributed by atoms with Crippen molar-refractivity contribution in [3.05, 3.63) is 34.4 Å². The Morgan fingerprint density at radius 3 is 2.48 bits per heavy atom. The summed E-state index contributed by atoms with van der Waals surface area (Å²) >= 11 is 3.33. The van der Waals surface area contributed by atoms with Gasteiger partial charge in [-0.1, -0.05) is 6.07 Å². The first-order valence-corrected chi connectivity index (χ1v) is 7.15. The third-order valence-corrected chi connectivity index (χ3v) is 3.37. The van der Waals surface area contributed by atoms with E-state index in [0.717, 1.165) is 0 Å². The Morgan fingerprint density at radius 1 is 1.24 bits per heavy atom. The van der Waals surface area contributed by atoms with E-state index >= 15 is 0 Å². The zero-order chi connectivity index (χ0) is 15.8. The molecule has 0 saturated carbocycles. The number of hydrogen-bond donors (Lipinski definition) is 0. The minimum absolute atomic E-state index is 0.401. The molecule has 0 amide bonds. The topological polar surface area (TPSA) is 57.5 Å². The first-order valence-electron chi connectivity index (χ1n) is 6.36. The van der Waals surface area contributed by atoms with Gasteiger partial charge in [-0.15, -0.1) is 0 Å². The molecule has 0 radical (unpaired) electrons. The molecule has 1 aromatic heterocycles. The van der Waals surface area contributed by atoms with Crippen molar-refractivity contribution in [2.24, 2.45) is 0 Å². The molecule has 112 valence electrons. The second kappa shape index (κ2) is 5.52. The Morgan fingerprint density at radius 2 is 1.90 bits per heavy atom. The van der Waals surface area contributed by atoms with Gasteiger partial charge < -0.3 is 9.47 Å². The van der Waals surface area contributed by atoms with Gasteiger partial charge in [-0.25, -0.2) is 14.2 Å². The number of hydrogen-bond acceptors (Lipinski definition) is 4. The van der Waals surface area contributed by atoms with Gasteiger partial charge in [0.15, 0.2) is 0 Å². The molecule has 2 aromatic rings. The van der Waals surface area contributed by atoms with Crippen molar-refractivity contribution in [2.45, 2.75) is 26.4 Å². The summed E-state index contributed by atoms with van der Waals surface area (Å²) in [5.74, 6) is -0.450. The molecule has 1 heterocycles. The van der Waals surface area contributed by atoms with Crippen molar-refractivity contribution in [3.8, 4) is 0 Å². The van der Waals surface area contributed by atoms with E-state index < -0.39 is 17.7 Å². The average molecular weight is 354 g/mol. The highest BCUT2D eigenvalue weighted by Crippen LogP contribution is 2.28. The van der Waals surface area contributed by atoms with Crippen molar-refractivity contribution >= 4 is 38.9 Å². The van der Waals surface area contributed by atoms with Crippen LogP contribution >= 0.6 is 15.9 Å². The molecule has 6 heteroatoms. The van der Waals surface area contributed by atoms with E-state index in [1.165, 1.54) is 11.7 Å². The molecule has 21 heavy (non-hydrogen) atoms. The highest BCUT2D eigenvalue weighted by molar-refractivity contribution is 9.10. The number of rotatable bonds is 1. The van der Waals surface area contributed by atoms with Crippen LogP contribution in [0.15, 0.2) is 28.9 Å². The highest BCUT2D eigenvalue weighted by atomic mass is 79.9. The van der Waals surface area contributed by atoms with Gasteiger partial charge in [0.05, 0.1) is 22.8 Å².